The van der Waals surface area contributed by atoms with E-state index in [-0.39, 0.29) is 16.8 Å². The Hall–Kier alpha value is -2.25. The number of anilines is 2. The first-order valence-corrected chi connectivity index (χ1v) is 9.51. The molecule has 4 rings (SSSR count). The molecule has 26 heavy (non-hydrogen) atoms. The molecule has 134 valence electrons. The molecule has 0 bridgehead atoms. The van der Waals surface area contributed by atoms with Gasteiger partial charge in [0.2, 0.25) is 5.91 Å². The van der Waals surface area contributed by atoms with Crippen molar-refractivity contribution in [1.29, 1.82) is 0 Å². The molecular weight excluding hydrogens is 375 g/mol. The fraction of sp³-hybridized carbons (Fsp3) is 0.278. The Balaban J connectivity index is 1.48. The molecule has 3 aromatic rings. The Morgan fingerprint density at radius 2 is 2.15 bits per heavy atom. The van der Waals surface area contributed by atoms with Crippen LogP contribution in [-0.4, -0.2) is 29.0 Å². The second kappa shape index (κ2) is 7.17. The Labute approximate surface area is 158 Å². The highest BCUT2D eigenvalue weighted by Gasteiger charge is 2.26. The van der Waals surface area contributed by atoms with Gasteiger partial charge in [-0.25, -0.2) is 9.37 Å². The number of thiazole rings is 1. The van der Waals surface area contributed by atoms with Crippen LogP contribution in [0.25, 0.3) is 10.2 Å². The lowest BCUT2D eigenvalue weighted by Crippen LogP contribution is -2.40. The molecule has 1 aliphatic heterocycles. The lowest BCUT2D eigenvalue weighted by atomic mass is 9.97. The van der Waals surface area contributed by atoms with E-state index in [9.17, 15) is 9.18 Å². The van der Waals surface area contributed by atoms with Crippen LogP contribution in [0.15, 0.2) is 36.7 Å². The van der Waals surface area contributed by atoms with E-state index in [1.807, 2.05) is 12.1 Å². The van der Waals surface area contributed by atoms with Crippen LogP contribution < -0.4 is 10.2 Å². The van der Waals surface area contributed by atoms with E-state index in [0.29, 0.717) is 21.9 Å². The van der Waals surface area contributed by atoms with Gasteiger partial charge in [-0.1, -0.05) is 22.9 Å². The summed E-state index contributed by atoms with van der Waals surface area (Å²) in [4.78, 5) is 23.2. The average molecular weight is 391 g/mol. The molecule has 0 saturated carbocycles. The summed E-state index contributed by atoms with van der Waals surface area (Å²) in [5, 5.41) is 3.56. The predicted molar refractivity (Wildman–Crippen MR) is 102 cm³/mol. The number of fused-ring (bicyclic) bond motifs is 1. The highest BCUT2D eigenvalue weighted by molar-refractivity contribution is 7.22. The number of halogens is 2. The number of nitrogens with one attached hydrogen (secondary N) is 1. The largest absolute Gasteiger partial charge is 0.371 e. The van der Waals surface area contributed by atoms with Crippen LogP contribution in [0.4, 0.5) is 15.2 Å². The number of piperidine rings is 1. The van der Waals surface area contributed by atoms with E-state index in [4.69, 9.17) is 11.6 Å². The number of hydrogen-bond acceptors (Lipinski definition) is 5. The van der Waals surface area contributed by atoms with E-state index in [0.717, 1.165) is 25.1 Å². The fourth-order valence-corrected chi connectivity index (χ4v) is 4.42. The molecule has 0 aliphatic carbocycles. The van der Waals surface area contributed by atoms with Gasteiger partial charge in [0.1, 0.15) is 11.3 Å². The molecule has 3 heterocycles. The third kappa shape index (κ3) is 3.50. The number of carbonyl (C=O) groups excluding carboxylic acids is 1. The minimum Gasteiger partial charge on any atom is -0.371 e. The van der Waals surface area contributed by atoms with Gasteiger partial charge in [-0.3, -0.25) is 9.78 Å². The van der Waals surface area contributed by atoms with Crippen molar-refractivity contribution in [3.8, 4) is 0 Å². The lowest BCUT2D eigenvalue weighted by Gasteiger charge is -2.33. The van der Waals surface area contributed by atoms with Crippen molar-refractivity contribution >= 4 is 49.9 Å². The number of aromatic nitrogens is 2. The summed E-state index contributed by atoms with van der Waals surface area (Å²) >= 11 is 7.25. The SMILES string of the molecule is O=C(Nc1nc2c(Cl)cc(F)cc2s1)C1CCCN(c2ccncc2)C1. The number of pyridine rings is 1. The van der Waals surface area contributed by atoms with Crippen molar-refractivity contribution in [2.45, 2.75) is 12.8 Å². The molecule has 1 aliphatic rings. The quantitative estimate of drug-likeness (QED) is 0.722. The van der Waals surface area contributed by atoms with Crippen LogP contribution in [0.5, 0.6) is 0 Å². The highest BCUT2D eigenvalue weighted by atomic mass is 35.5. The van der Waals surface area contributed by atoms with Gasteiger partial charge in [0.05, 0.1) is 15.6 Å². The Bertz CT molecular complexity index is 949. The van der Waals surface area contributed by atoms with Crippen LogP contribution in [0, 0.1) is 11.7 Å². The van der Waals surface area contributed by atoms with Crippen LogP contribution in [0.2, 0.25) is 5.02 Å². The molecule has 0 spiro atoms. The van der Waals surface area contributed by atoms with Crippen molar-refractivity contribution in [3.63, 3.8) is 0 Å². The van der Waals surface area contributed by atoms with E-state index in [2.05, 4.69) is 20.2 Å². The molecule has 1 N–H and O–H groups in total. The van der Waals surface area contributed by atoms with Crippen LogP contribution in [0.1, 0.15) is 12.8 Å². The summed E-state index contributed by atoms with van der Waals surface area (Å²) < 4.78 is 14.1. The first-order valence-electron chi connectivity index (χ1n) is 8.31. The molecule has 1 aromatic carbocycles. The zero-order valence-corrected chi connectivity index (χ0v) is 15.4. The molecule has 8 heteroatoms. The number of rotatable bonds is 3. The monoisotopic (exact) mass is 390 g/mol. The summed E-state index contributed by atoms with van der Waals surface area (Å²) in [6.07, 6.45) is 5.27. The van der Waals surface area contributed by atoms with Crippen molar-refractivity contribution in [2.75, 3.05) is 23.3 Å². The maximum absolute atomic E-state index is 13.5. The number of nitrogens with zero attached hydrogens (tertiary/aromatic N) is 3. The van der Waals surface area contributed by atoms with Crippen LogP contribution in [0.3, 0.4) is 0 Å². The van der Waals surface area contributed by atoms with Gasteiger partial charge < -0.3 is 10.2 Å². The number of amides is 1. The van der Waals surface area contributed by atoms with Gasteiger partial charge in [0, 0.05) is 31.2 Å². The Kier molecular flexibility index (Phi) is 4.74. The van der Waals surface area contributed by atoms with Crippen molar-refractivity contribution in [2.24, 2.45) is 5.92 Å². The van der Waals surface area contributed by atoms with Gasteiger partial charge in [0.25, 0.3) is 0 Å². The summed E-state index contributed by atoms with van der Waals surface area (Å²) in [7, 11) is 0. The summed E-state index contributed by atoms with van der Waals surface area (Å²) in [6.45, 7) is 1.57. The second-order valence-electron chi connectivity index (χ2n) is 6.23. The van der Waals surface area contributed by atoms with Crippen molar-refractivity contribution in [1.82, 2.24) is 9.97 Å². The maximum atomic E-state index is 13.5. The molecule has 1 fully saturated rings. The van der Waals surface area contributed by atoms with Gasteiger partial charge in [-0.05, 0) is 37.1 Å². The third-order valence-corrected chi connectivity index (χ3v) is 5.67. The number of hydrogen-bond donors (Lipinski definition) is 1. The average Bonchev–Trinajstić information content (AvgIpc) is 3.05. The Morgan fingerprint density at radius 1 is 1.35 bits per heavy atom. The Morgan fingerprint density at radius 3 is 2.96 bits per heavy atom. The maximum Gasteiger partial charge on any atom is 0.231 e. The molecular formula is C18H16ClFN4OS. The van der Waals surface area contributed by atoms with Crippen LogP contribution >= 0.6 is 22.9 Å². The van der Waals surface area contributed by atoms with Gasteiger partial charge in [-0.2, -0.15) is 0 Å². The molecule has 5 nitrogen and oxygen atoms in total. The van der Waals surface area contributed by atoms with Gasteiger partial charge >= 0.3 is 0 Å². The van der Waals surface area contributed by atoms with Crippen molar-refractivity contribution < 1.29 is 9.18 Å². The van der Waals surface area contributed by atoms with E-state index in [1.165, 1.54) is 23.5 Å². The molecule has 1 saturated heterocycles. The van der Waals surface area contributed by atoms with Crippen molar-refractivity contribution in [3.05, 3.63) is 47.5 Å². The smallest absolute Gasteiger partial charge is 0.231 e. The normalized spacial score (nSPS) is 17.5. The van der Waals surface area contributed by atoms with E-state index >= 15 is 0 Å². The van der Waals surface area contributed by atoms with Gasteiger partial charge in [-0.15, -0.1) is 0 Å². The predicted octanol–water partition coefficient (Wildman–Crippen LogP) is 4.34. The summed E-state index contributed by atoms with van der Waals surface area (Å²) in [5.74, 6) is -0.611. The lowest BCUT2D eigenvalue weighted by molar-refractivity contribution is -0.120. The van der Waals surface area contributed by atoms with E-state index in [1.54, 1.807) is 12.4 Å². The zero-order chi connectivity index (χ0) is 18.1. The van der Waals surface area contributed by atoms with Crippen LogP contribution in [-0.2, 0) is 4.79 Å². The molecule has 1 amide bonds. The summed E-state index contributed by atoms with van der Waals surface area (Å²) in [6, 6.07) is 6.50. The number of carbonyl (C=O) groups is 1. The molecule has 1 atom stereocenters. The first-order chi connectivity index (χ1) is 12.6. The standard InChI is InChI=1S/C18H16ClFN4OS/c19-14-8-12(20)9-15-16(14)22-18(26-15)23-17(25)11-2-1-7-24(10-11)13-3-5-21-6-4-13/h3-6,8-9,11H,1-2,7,10H2,(H,22,23,25). The minimum atomic E-state index is -0.413. The minimum absolute atomic E-state index is 0.0700. The zero-order valence-electron chi connectivity index (χ0n) is 13.8. The number of benzene rings is 1. The first kappa shape index (κ1) is 17.2. The fourth-order valence-electron chi connectivity index (χ4n) is 3.20. The third-order valence-electron chi connectivity index (χ3n) is 4.46. The second-order valence-corrected chi connectivity index (χ2v) is 7.67. The van der Waals surface area contributed by atoms with E-state index < -0.39 is 5.82 Å². The topological polar surface area (TPSA) is 58.1 Å². The highest BCUT2D eigenvalue weighted by Crippen LogP contribution is 2.32. The molecule has 0 radical (unpaired) electrons. The summed E-state index contributed by atoms with van der Waals surface area (Å²) in [5.41, 5.74) is 1.58. The molecule has 2 aromatic heterocycles. The van der Waals surface area contributed by atoms with Gasteiger partial charge in [0.15, 0.2) is 5.13 Å². The molecule has 1 unspecified atom stereocenters.